The monoisotopic (exact) mass is 584 g/mol. The number of fused-ring (bicyclic) bond motifs is 2. The van der Waals surface area contributed by atoms with Gasteiger partial charge in [-0.1, -0.05) is 12.1 Å². The standard InChI is InChI=1S/C32H44N2O8/c1-17(35)33-20-9-7-6-8-18(20)21(36)13-28-11-10-24(40-3)31-22(28)12-19(26(31)34(2)16-28)30(38)15-25(41-4)29(37)14-23(31)32(30,39)27(29)42-5/h6-9,19,22-27,37-39H,10-16H2,1-5H3,(H,33,35)/t19?,22-,23+,24?,25?,26-,27?,28?,29-,30+,31?,32+/m1/s1. The predicted molar refractivity (Wildman–Crippen MR) is 152 cm³/mol. The predicted octanol–water partition coefficient (Wildman–Crippen LogP) is 1.61. The summed E-state index contributed by atoms with van der Waals surface area (Å²) in [6.45, 7) is 2.11. The summed E-state index contributed by atoms with van der Waals surface area (Å²) >= 11 is 0. The minimum absolute atomic E-state index is 0.0312. The zero-order chi connectivity index (χ0) is 30.0. The third kappa shape index (κ3) is 3.09. The van der Waals surface area contributed by atoms with Gasteiger partial charge in [0.2, 0.25) is 5.91 Å². The van der Waals surface area contributed by atoms with Gasteiger partial charge in [-0.05, 0) is 56.2 Å². The lowest BCUT2D eigenvalue weighted by Gasteiger charge is -2.71. The Hall–Kier alpha value is -1.92. The highest BCUT2D eigenvalue weighted by molar-refractivity contribution is 6.04. The van der Waals surface area contributed by atoms with Gasteiger partial charge in [0, 0.05) is 76.5 Å². The smallest absolute Gasteiger partial charge is 0.221 e. The van der Waals surface area contributed by atoms with Crippen LogP contribution >= 0.6 is 0 Å². The van der Waals surface area contributed by atoms with Crippen molar-refractivity contribution in [1.82, 2.24) is 4.90 Å². The lowest BCUT2D eigenvalue weighted by atomic mass is 9.41. The maximum Gasteiger partial charge on any atom is 0.221 e. The molecule has 1 spiro atoms. The number of carbonyl (C=O) groups excluding carboxylic acids is 2. The highest BCUT2D eigenvalue weighted by atomic mass is 16.5. The van der Waals surface area contributed by atoms with Crippen LogP contribution in [0.25, 0.3) is 0 Å². The second-order valence-corrected chi connectivity index (χ2v) is 14.2. The van der Waals surface area contributed by atoms with Crippen molar-refractivity contribution in [2.75, 3.05) is 40.2 Å². The molecule has 1 heterocycles. The van der Waals surface area contributed by atoms with Gasteiger partial charge >= 0.3 is 0 Å². The van der Waals surface area contributed by atoms with E-state index in [0.717, 1.165) is 6.42 Å². The molecule has 1 saturated heterocycles. The van der Waals surface area contributed by atoms with Crippen LogP contribution in [0.15, 0.2) is 24.3 Å². The summed E-state index contributed by atoms with van der Waals surface area (Å²) in [5, 5.41) is 40.6. The molecule has 4 N–H and O–H groups in total. The number of piperidine rings is 1. The van der Waals surface area contributed by atoms with Gasteiger partial charge in [-0.15, -0.1) is 0 Å². The van der Waals surface area contributed by atoms with E-state index in [4.69, 9.17) is 14.2 Å². The summed E-state index contributed by atoms with van der Waals surface area (Å²) in [6.07, 6.45) is 0.758. The fourth-order valence-corrected chi connectivity index (χ4v) is 12.1. The summed E-state index contributed by atoms with van der Waals surface area (Å²) in [4.78, 5) is 28.4. The van der Waals surface area contributed by atoms with Crippen LogP contribution in [0.4, 0.5) is 5.69 Å². The Morgan fingerprint density at radius 3 is 2.40 bits per heavy atom. The Morgan fingerprint density at radius 2 is 1.74 bits per heavy atom. The molecule has 10 heteroatoms. The van der Waals surface area contributed by atoms with Gasteiger partial charge in [-0.2, -0.15) is 0 Å². The summed E-state index contributed by atoms with van der Waals surface area (Å²) in [5.41, 5.74) is -4.81. The van der Waals surface area contributed by atoms with Crippen LogP contribution in [0.3, 0.4) is 0 Å². The third-order valence-electron chi connectivity index (χ3n) is 13.0. The van der Waals surface area contributed by atoms with Gasteiger partial charge in [0.25, 0.3) is 0 Å². The zero-order valence-electron chi connectivity index (χ0n) is 25.1. The average molecular weight is 585 g/mol. The third-order valence-corrected chi connectivity index (χ3v) is 13.0. The van der Waals surface area contributed by atoms with Crippen LogP contribution in [0.5, 0.6) is 0 Å². The van der Waals surface area contributed by atoms with Gasteiger partial charge < -0.3 is 39.7 Å². The number of carbonyl (C=O) groups is 2. The van der Waals surface area contributed by atoms with E-state index in [1.807, 2.05) is 6.07 Å². The first kappa shape index (κ1) is 28.8. The van der Waals surface area contributed by atoms with Gasteiger partial charge in [0.05, 0.1) is 17.9 Å². The van der Waals surface area contributed by atoms with E-state index in [9.17, 15) is 24.9 Å². The Morgan fingerprint density at radius 1 is 1.02 bits per heavy atom. The average Bonchev–Trinajstić information content (AvgIpc) is 3.35. The van der Waals surface area contributed by atoms with Crippen molar-refractivity contribution in [3.8, 4) is 0 Å². The number of Topliss-reactive ketones (excluding diaryl/α,β-unsaturated/α-hetero) is 1. The molecule has 42 heavy (non-hydrogen) atoms. The molecule has 1 aliphatic heterocycles. The van der Waals surface area contributed by atoms with E-state index in [2.05, 4.69) is 17.3 Å². The molecule has 6 fully saturated rings. The summed E-state index contributed by atoms with van der Waals surface area (Å²) in [5.74, 6) is -1.16. The lowest BCUT2D eigenvalue weighted by Crippen LogP contribution is -2.83. The van der Waals surface area contributed by atoms with Crippen molar-refractivity contribution in [1.29, 1.82) is 0 Å². The number of nitrogens with zero attached hydrogens (tertiary/aromatic N) is 1. The van der Waals surface area contributed by atoms with E-state index in [1.54, 1.807) is 32.4 Å². The number of rotatable bonds is 7. The molecule has 10 nitrogen and oxygen atoms in total. The second-order valence-electron chi connectivity index (χ2n) is 14.2. The summed E-state index contributed by atoms with van der Waals surface area (Å²) in [7, 11) is 6.82. The number of aliphatic hydroxyl groups is 3. The minimum atomic E-state index is -1.71. The topological polar surface area (TPSA) is 138 Å². The van der Waals surface area contributed by atoms with Crippen LogP contribution in [-0.4, -0.2) is 108 Å². The number of amides is 1. The fourth-order valence-electron chi connectivity index (χ4n) is 12.1. The Bertz CT molecular complexity index is 1320. The molecule has 7 rings (SSSR count). The first-order valence-electron chi connectivity index (χ1n) is 15.2. The highest BCUT2D eigenvalue weighted by Crippen LogP contribution is 2.81. The molecule has 7 bridgehead atoms. The SMILES string of the molecule is COC1CCC2(CC(=O)c3ccccc3NC(C)=O)CN(C)[C@@H]3C4C[C@H]2C13[C@@H]1C[C@@]2(O)C(OC)C[C@@]4(O)[C@@]1(O)C2OC. The molecule has 6 aliphatic rings. The van der Waals surface area contributed by atoms with E-state index in [-0.39, 0.29) is 54.9 Å². The fraction of sp³-hybridized carbons (Fsp3) is 0.750. The van der Waals surface area contributed by atoms with Crippen LogP contribution in [0.1, 0.15) is 55.8 Å². The number of anilines is 1. The zero-order valence-corrected chi connectivity index (χ0v) is 25.1. The first-order chi connectivity index (χ1) is 19.9. The number of ether oxygens (including phenoxy) is 3. The Labute approximate surface area is 246 Å². The summed E-state index contributed by atoms with van der Waals surface area (Å²) < 4.78 is 18.0. The molecule has 1 aromatic carbocycles. The van der Waals surface area contributed by atoms with Crippen molar-refractivity contribution in [2.45, 2.75) is 86.6 Å². The van der Waals surface area contributed by atoms with E-state index >= 15 is 0 Å². The van der Waals surface area contributed by atoms with Crippen LogP contribution < -0.4 is 5.32 Å². The van der Waals surface area contributed by atoms with Crippen molar-refractivity contribution in [2.24, 2.45) is 28.6 Å². The van der Waals surface area contributed by atoms with E-state index < -0.39 is 45.8 Å². The molecule has 0 radical (unpaired) electrons. The van der Waals surface area contributed by atoms with Crippen LogP contribution in [0.2, 0.25) is 0 Å². The minimum Gasteiger partial charge on any atom is -0.386 e. The summed E-state index contributed by atoms with van der Waals surface area (Å²) in [6, 6.07) is 7.04. The van der Waals surface area contributed by atoms with Gasteiger partial charge in [0.15, 0.2) is 5.78 Å². The number of ketones is 1. The van der Waals surface area contributed by atoms with Crippen molar-refractivity contribution >= 4 is 17.4 Å². The molecular formula is C32H44N2O8. The molecular weight excluding hydrogens is 540 g/mol. The number of nitrogens with one attached hydrogen (secondary N) is 1. The molecule has 1 aromatic rings. The van der Waals surface area contributed by atoms with Gasteiger partial charge in [-0.3, -0.25) is 9.59 Å². The number of para-hydroxylation sites is 1. The normalized spacial score (nSPS) is 50.0. The largest absolute Gasteiger partial charge is 0.386 e. The van der Waals surface area contributed by atoms with Crippen molar-refractivity contribution < 1.29 is 39.1 Å². The molecule has 6 unspecified atom stereocenters. The molecule has 5 saturated carbocycles. The number of hydrogen-bond acceptors (Lipinski definition) is 9. The van der Waals surface area contributed by atoms with Gasteiger partial charge in [-0.25, -0.2) is 0 Å². The molecule has 0 aromatic heterocycles. The number of likely N-dealkylation sites (tertiary alicyclic amines) is 1. The number of benzene rings is 1. The molecule has 230 valence electrons. The van der Waals surface area contributed by atoms with Crippen molar-refractivity contribution in [3.63, 3.8) is 0 Å². The quantitative estimate of drug-likeness (QED) is 0.352. The number of hydrogen-bond donors (Lipinski definition) is 4. The lowest BCUT2D eigenvalue weighted by molar-refractivity contribution is -0.343. The molecule has 12 atom stereocenters. The van der Waals surface area contributed by atoms with Crippen molar-refractivity contribution in [3.05, 3.63) is 29.8 Å². The second kappa shape index (κ2) is 9.06. The maximum absolute atomic E-state index is 14.2. The molecule has 1 amide bonds. The van der Waals surface area contributed by atoms with Crippen LogP contribution in [-0.2, 0) is 19.0 Å². The maximum atomic E-state index is 14.2. The highest BCUT2D eigenvalue weighted by Gasteiger charge is 2.90. The van der Waals surface area contributed by atoms with Crippen LogP contribution in [0, 0.1) is 28.6 Å². The Balaban J connectivity index is 1.38. The molecule has 5 aliphatic carbocycles. The van der Waals surface area contributed by atoms with E-state index in [0.29, 0.717) is 30.6 Å². The Kier molecular flexibility index (Phi) is 6.22. The first-order valence-corrected chi connectivity index (χ1v) is 15.2. The van der Waals surface area contributed by atoms with E-state index in [1.165, 1.54) is 14.0 Å². The van der Waals surface area contributed by atoms with Gasteiger partial charge in [0.1, 0.15) is 22.9 Å². The number of methoxy groups -OCH3 is 3.